The summed E-state index contributed by atoms with van der Waals surface area (Å²) >= 11 is 0. The lowest BCUT2D eigenvalue weighted by molar-refractivity contribution is 0.139. The van der Waals surface area contributed by atoms with E-state index in [2.05, 4.69) is 56.4 Å². The fourth-order valence-electron chi connectivity index (χ4n) is 3.05. The number of hydrogen-bond acceptors (Lipinski definition) is 3. The number of fused-ring (bicyclic) bond motifs is 1. The molecule has 3 aromatic rings. The molecule has 3 nitrogen and oxygen atoms in total. The smallest absolute Gasteiger partial charge is 0.138 e. The van der Waals surface area contributed by atoms with Crippen LogP contribution in [0.4, 0.5) is 0 Å². The van der Waals surface area contributed by atoms with Crippen molar-refractivity contribution in [3.63, 3.8) is 0 Å². The molecule has 0 aliphatic carbocycles. The molecule has 0 saturated carbocycles. The van der Waals surface area contributed by atoms with Gasteiger partial charge in [0, 0.05) is 23.0 Å². The van der Waals surface area contributed by atoms with Crippen LogP contribution >= 0.6 is 12.4 Å². The molecule has 2 aromatic carbocycles. The standard InChI is InChI=1S/C22H27NO2.ClH/c1-22(2,3)23-15-19(24)21-18(14-13-16-9-5-4-6-10-16)17-11-7-8-12-20(17)25-21;/h4-12,19,23-24H,13-15H2,1-3H3;1H. The van der Waals surface area contributed by atoms with Crippen LogP contribution in [0, 0.1) is 0 Å². The Kier molecular flexibility index (Phi) is 6.87. The van der Waals surface area contributed by atoms with E-state index in [1.54, 1.807) is 0 Å². The summed E-state index contributed by atoms with van der Waals surface area (Å²) in [7, 11) is 0. The molecule has 0 spiro atoms. The first-order valence-corrected chi connectivity index (χ1v) is 8.91. The normalized spacial score (nSPS) is 12.8. The second-order valence-corrected chi connectivity index (χ2v) is 7.57. The predicted octanol–water partition coefficient (Wildman–Crippen LogP) is 5.06. The van der Waals surface area contributed by atoms with Crippen LogP contribution in [0.2, 0.25) is 0 Å². The first-order valence-electron chi connectivity index (χ1n) is 8.91. The van der Waals surface area contributed by atoms with Gasteiger partial charge >= 0.3 is 0 Å². The lowest BCUT2D eigenvalue weighted by Gasteiger charge is -2.22. The third-order valence-corrected chi connectivity index (χ3v) is 4.36. The number of aliphatic hydroxyl groups is 1. The SMILES string of the molecule is CC(C)(C)NCC(O)c1oc2ccccc2c1CCc1ccccc1.Cl. The van der Waals surface area contributed by atoms with Crippen molar-refractivity contribution in [3.8, 4) is 0 Å². The molecule has 4 heteroatoms. The van der Waals surface area contributed by atoms with Gasteiger partial charge in [0.2, 0.25) is 0 Å². The zero-order valence-corrected chi connectivity index (χ0v) is 16.5. The molecule has 2 N–H and O–H groups in total. The zero-order chi connectivity index (χ0) is 17.9. The topological polar surface area (TPSA) is 45.4 Å². The van der Waals surface area contributed by atoms with Gasteiger partial charge in [0.25, 0.3) is 0 Å². The molecular formula is C22H28ClNO2. The summed E-state index contributed by atoms with van der Waals surface area (Å²) in [6, 6.07) is 18.5. The van der Waals surface area contributed by atoms with E-state index >= 15 is 0 Å². The highest BCUT2D eigenvalue weighted by Gasteiger charge is 2.22. The minimum absolute atomic E-state index is 0. The first-order chi connectivity index (χ1) is 11.9. The molecule has 140 valence electrons. The number of β-amino-alcohol motifs (C(OH)–C–C–N with tert-alkyl or cyclic N) is 1. The van der Waals surface area contributed by atoms with Gasteiger partial charge in [-0.15, -0.1) is 12.4 Å². The van der Waals surface area contributed by atoms with Crippen LogP contribution in [0.15, 0.2) is 59.0 Å². The molecule has 0 aliphatic rings. The Morgan fingerprint density at radius 3 is 2.31 bits per heavy atom. The minimum atomic E-state index is -0.655. The summed E-state index contributed by atoms with van der Waals surface area (Å²) in [6.45, 7) is 6.75. The average molecular weight is 374 g/mol. The lowest BCUT2D eigenvalue weighted by Crippen LogP contribution is -2.38. The second-order valence-electron chi connectivity index (χ2n) is 7.57. The summed E-state index contributed by atoms with van der Waals surface area (Å²) < 4.78 is 6.02. The molecule has 26 heavy (non-hydrogen) atoms. The third kappa shape index (κ3) is 5.10. The molecule has 0 bridgehead atoms. The van der Waals surface area contributed by atoms with Crippen LogP contribution in [0.25, 0.3) is 11.0 Å². The maximum absolute atomic E-state index is 10.7. The highest BCUT2D eigenvalue weighted by molar-refractivity contribution is 5.85. The fraction of sp³-hybridized carbons (Fsp3) is 0.364. The van der Waals surface area contributed by atoms with Gasteiger partial charge in [-0.3, -0.25) is 0 Å². The second kappa shape index (κ2) is 8.72. The van der Waals surface area contributed by atoms with Gasteiger partial charge < -0.3 is 14.8 Å². The number of para-hydroxylation sites is 1. The highest BCUT2D eigenvalue weighted by Crippen LogP contribution is 2.31. The van der Waals surface area contributed by atoms with E-state index in [0.717, 1.165) is 29.4 Å². The van der Waals surface area contributed by atoms with E-state index in [1.807, 2.05) is 24.3 Å². The summed E-state index contributed by atoms with van der Waals surface area (Å²) in [6.07, 6.45) is 1.12. The van der Waals surface area contributed by atoms with Crippen LogP contribution < -0.4 is 5.32 Å². The number of rotatable bonds is 6. The van der Waals surface area contributed by atoms with Crippen molar-refractivity contribution >= 4 is 23.4 Å². The quantitative estimate of drug-likeness (QED) is 0.634. The number of nitrogens with one attached hydrogen (secondary N) is 1. The Hall–Kier alpha value is -1.81. The molecule has 0 fully saturated rings. The monoisotopic (exact) mass is 373 g/mol. The number of halogens is 1. The van der Waals surface area contributed by atoms with E-state index in [9.17, 15) is 5.11 Å². The molecule has 0 radical (unpaired) electrons. The van der Waals surface area contributed by atoms with Gasteiger partial charge in [0.05, 0.1) is 0 Å². The van der Waals surface area contributed by atoms with E-state index in [4.69, 9.17) is 4.42 Å². The van der Waals surface area contributed by atoms with Crippen molar-refractivity contribution < 1.29 is 9.52 Å². The van der Waals surface area contributed by atoms with E-state index in [0.29, 0.717) is 12.3 Å². The zero-order valence-electron chi connectivity index (χ0n) is 15.7. The van der Waals surface area contributed by atoms with Gasteiger partial charge in [-0.25, -0.2) is 0 Å². The minimum Gasteiger partial charge on any atom is -0.458 e. The number of furan rings is 1. The number of aryl methyl sites for hydroxylation is 2. The van der Waals surface area contributed by atoms with Gasteiger partial charge in [-0.1, -0.05) is 48.5 Å². The fourth-order valence-corrected chi connectivity index (χ4v) is 3.05. The van der Waals surface area contributed by atoms with Crippen molar-refractivity contribution in [1.82, 2.24) is 5.32 Å². The Bertz CT molecular complexity index is 821. The van der Waals surface area contributed by atoms with Crippen LogP contribution in [-0.2, 0) is 12.8 Å². The summed E-state index contributed by atoms with van der Waals surface area (Å²) in [5.41, 5.74) is 3.20. The summed E-state index contributed by atoms with van der Waals surface area (Å²) in [5, 5.41) is 15.2. The third-order valence-electron chi connectivity index (χ3n) is 4.36. The number of aliphatic hydroxyl groups excluding tert-OH is 1. The molecule has 1 aromatic heterocycles. The maximum Gasteiger partial charge on any atom is 0.138 e. The Labute approximate surface area is 161 Å². The molecule has 0 amide bonds. The molecule has 1 heterocycles. The molecule has 1 unspecified atom stereocenters. The van der Waals surface area contributed by atoms with Crippen LogP contribution in [0.5, 0.6) is 0 Å². The Morgan fingerprint density at radius 2 is 1.62 bits per heavy atom. The van der Waals surface area contributed by atoms with Crippen LogP contribution in [0.3, 0.4) is 0 Å². The van der Waals surface area contributed by atoms with Gasteiger partial charge in [0.15, 0.2) is 0 Å². The lowest BCUT2D eigenvalue weighted by atomic mass is 9.99. The number of hydrogen-bond donors (Lipinski definition) is 2. The average Bonchev–Trinajstić information content (AvgIpc) is 2.97. The van der Waals surface area contributed by atoms with Crippen molar-refractivity contribution in [2.75, 3.05) is 6.54 Å². The molecule has 0 aliphatic heterocycles. The molecule has 3 rings (SSSR count). The van der Waals surface area contributed by atoms with Crippen molar-refractivity contribution in [1.29, 1.82) is 0 Å². The first kappa shape index (κ1) is 20.5. The molecule has 1 atom stereocenters. The number of benzene rings is 2. The largest absolute Gasteiger partial charge is 0.458 e. The molecular weight excluding hydrogens is 346 g/mol. The predicted molar refractivity (Wildman–Crippen MR) is 110 cm³/mol. The van der Waals surface area contributed by atoms with Crippen molar-refractivity contribution in [2.45, 2.75) is 45.3 Å². The van der Waals surface area contributed by atoms with Crippen LogP contribution in [-0.4, -0.2) is 17.2 Å². The Balaban J connectivity index is 0.00000243. The highest BCUT2D eigenvalue weighted by atomic mass is 35.5. The van der Waals surface area contributed by atoms with Gasteiger partial charge in [-0.05, 0) is 45.2 Å². The summed E-state index contributed by atoms with van der Waals surface area (Å²) in [4.78, 5) is 0. The summed E-state index contributed by atoms with van der Waals surface area (Å²) in [5.74, 6) is 0.689. The van der Waals surface area contributed by atoms with E-state index in [1.165, 1.54) is 5.56 Å². The van der Waals surface area contributed by atoms with Crippen molar-refractivity contribution in [2.24, 2.45) is 0 Å². The van der Waals surface area contributed by atoms with Gasteiger partial charge in [-0.2, -0.15) is 0 Å². The van der Waals surface area contributed by atoms with Crippen molar-refractivity contribution in [3.05, 3.63) is 71.5 Å². The van der Waals surface area contributed by atoms with Gasteiger partial charge in [0.1, 0.15) is 17.4 Å². The maximum atomic E-state index is 10.7. The van der Waals surface area contributed by atoms with Crippen LogP contribution in [0.1, 0.15) is 43.8 Å². The molecule has 0 saturated heterocycles. The Morgan fingerprint density at radius 1 is 0.962 bits per heavy atom. The van der Waals surface area contributed by atoms with E-state index < -0.39 is 6.10 Å². The van der Waals surface area contributed by atoms with E-state index in [-0.39, 0.29) is 17.9 Å².